The number of aromatic nitrogens is 1. The molecule has 1 aliphatic heterocycles. The van der Waals surface area contributed by atoms with Crippen molar-refractivity contribution in [2.24, 2.45) is 0 Å². The molecule has 3 aromatic carbocycles. The van der Waals surface area contributed by atoms with Crippen molar-refractivity contribution in [1.82, 2.24) is 4.98 Å². The molecular formula is C32H28N2O7S. The molecular weight excluding hydrogens is 556 g/mol. The summed E-state index contributed by atoms with van der Waals surface area (Å²) in [7, 11) is 1.48. The number of carbonyl (C=O) groups is 3. The second kappa shape index (κ2) is 12.3. The Balaban J connectivity index is 1.56. The maximum absolute atomic E-state index is 13.6. The van der Waals surface area contributed by atoms with Crippen LogP contribution in [0.2, 0.25) is 0 Å². The third-order valence-electron chi connectivity index (χ3n) is 6.71. The lowest BCUT2D eigenvalue weighted by atomic mass is 9.94. The first-order chi connectivity index (χ1) is 20.3. The molecule has 0 spiro atoms. The minimum absolute atomic E-state index is 0.122. The van der Waals surface area contributed by atoms with Crippen molar-refractivity contribution in [3.8, 4) is 11.5 Å². The molecule has 42 heavy (non-hydrogen) atoms. The van der Waals surface area contributed by atoms with Gasteiger partial charge in [0, 0.05) is 11.1 Å². The van der Waals surface area contributed by atoms with E-state index in [4.69, 9.17) is 14.2 Å². The van der Waals surface area contributed by atoms with Crippen molar-refractivity contribution in [2.75, 3.05) is 18.6 Å². The number of ether oxygens (including phenoxy) is 3. The van der Waals surface area contributed by atoms with Crippen LogP contribution in [0.15, 0.2) is 84.4 Å². The number of hydrogen-bond acceptors (Lipinski definition) is 9. The van der Waals surface area contributed by atoms with Gasteiger partial charge in [0.2, 0.25) is 0 Å². The Hall–Kier alpha value is -4.96. The average Bonchev–Trinajstić information content (AvgIpc) is 3.52. The Morgan fingerprint density at radius 1 is 1.00 bits per heavy atom. The zero-order valence-corrected chi connectivity index (χ0v) is 24.0. The van der Waals surface area contributed by atoms with Gasteiger partial charge in [0.05, 0.1) is 25.0 Å². The monoisotopic (exact) mass is 584 g/mol. The van der Waals surface area contributed by atoms with E-state index in [0.717, 1.165) is 16.9 Å². The number of anilines is 1. The Morgan fingerprint density at radius 2 is 1.69 bits per heavy atom. The molecule has 1 amide bonds. The fourth-order valence-electron chi connectivity index (χ4n) is 4.69. The van der Waals surface area contributed by atoms with E-state index in [0.29, 0.717) is 34.9 Å². The van der Waals surface area contributed by atoms with Crippen molar-refractivity contribution < 1.29 is 33.7 Å². The number of amides is 1. The molecule has 10 heteroatoms. The highest BCUT2D eigenvalue weighted by Crippen LogP contribution is 2.46. The lowest BCUT2D eigenvalue weighted by Gasteiger charge is -2.24. The number of rotatable bonds is 9. The van der Waals surface area contributed by atoms with Gasteiger partial charge in [-0.25, -0.2) is 9.78 Å². The van der Waals surface area contributed by atoms with Crippen LogP contribution in [0.1, 0.15) is 45.0 Å². The van der Waals surface area contributed by atoms with Crippen LogP contribution in [0, 0.1) is 6.92 Å². The van der Waals surface area contributed by atoms with Crippen molar-refractivity contribution in [2.45, 2.75) is 26.5 Å². The summed E-state index contributed by atoms with van der Waals surface area (Å²) in [6, 6.07) is 22.1. The summed E-state index contributed by atoms with van der Waals surface area (Å²) in [5.74, 6) is -1.73. The first kappa shape index (κ1) is 28.6. The van der Waals surface area contributed by atoms with Gasteiger partial charge in [-0.05, 0) is 49.7 Å². The van der Waals surface area contributed by atoms with Crippen LogP contribution in [0.3, 0.4) is 0 Å². The third-order valence-corrected chi connectivity index (χ3v) is 7.84. The Labute approximate surface area is 246 Å². The molecule has 0 bridgehead atoms. The summed E-state index contributed by atoms with van der Waals surface area (Å²) < 4.78 is 16.5. The number of Topliss-reactive ketones (excluding diaryl/α,β-unsaturated/α-hetero) is 1. The van der Waals surface area contributed by atoms with Gasteiger partial charge in [-0.1, -0.05) is 59.9 Å². The molecule has 5 rings (SSSR count). The van der Waals surface area contributed by atoms with Gasteiger partial charge in [0.1, 0.15) is 34.8 Å². The molecule has 1 fully saturated rings. The number of esters is 1. The van der Waals surface area contributed by atoms with Crippen LogP contribution < -0.4 is 14.4 Å². The van der Waals surface area contributed by atoms with Crippen LogP contribution in [0.5, 0.6) is 11.5 Å². The van der Waals surface area contributed by atoms with Crippen molar-refractivity contribution in [1.29, 1.82) is 0 Å². The predicted molar refractivity (Wildman–Crippen MR) is 158 cm³/mol. The summed E-state index contributed by atoms with van der Waals surface area (Å²) in [5, 5.41) is 11.6. The first-order valence-electron chi connectivity index (χ1n) is 13.2. The van der Waals surface area contributed by atoms with E-state index in [1.54, 1.807) is 62.4 Å². The molecule has 0 aliphatic carbocycles. The van der Waals surface area contributed by atoms with E-state index in [9.17, 15) is 19.5 Å². The van der Waals surface area contributed by atoms with Gasteiger partial charge in [-0.3, -0.25) is 14.5 Å². The van der Waals surface area contributed by atoms with Crippen LogP contribution >= 0.6 is 11.3 Å². The molecule has 1 aromatic heterocycles. The highest BCUT2D eigenvalue weighted by Gasteiger charge is 2.49. The molecule has 1 N–H and O–H groups in total. The fraction of sp³-hybridized carbons (Fsp3) is 0.188. The van der Waals surface area contributed by atoms with E-state index in [2.05, 4.69) is 4.98 Å². The van der Waals surface area contributed by atoms with Crippen LogP contribution in [-0.2, 0) is 20.9 Å². The lowest BCUT2D eigenvalue weighted by Crippen LogP contribution is -2.29. The number of aryl methyl sites for hydroxylation is 1. The Kier molecular flexibility index (Phi) is 8.35. The number of carbonyl (C=O) groups excluding carboxylic acids is 3. The second-order valence-corrected chi connectivity index (χ2v) is 10.3. The van der Waals surface area contributed by atoms with Gasteiger partial charge in [0.15, 0.2) is 5.13 Å². The summed E-state index contributed by atoms with van der Waals surface area (Å²) >= 11 is 0.943. The van der Waals surface area contributed by atoms with Gasteiger partial charge < -0.3 is 19.3 Å². The topological polar surface area (TPSA) is 115 Å². The molecule has 214 valence electrons. The van der Waals surface area contributed by atoms with Gasteiger partial charge in [-0.2, -0.15) is 0 Å². The van der Waals surface area contributed by atoms with Crippen LogP contribution in [0.4, 0.5) is 5.13 Å². The molecule has 0 saturated carbocycles. The summed E-state index contributed by atoms with van der Waals surface area (Å²) in [6.45, 7) is 3.86. The molecule has 0 radical (unpaired) electrons. The molecule has 1 unspecified atom stereocenters. The molecule has 9 nitrogen and oxygen atoms in total. The van der Waals surface area contributed by atoms with Crippen LogP contribution in [0.25, 0.3) is 5.76 Å². The molecule has 4 aromatic rings. The van der Waals surface area contributed by atoms with Crippen molar-refractivity contribution in [3.63, 3.8) is 0 Å². The van der Waals surface area contributed by atoms with E-state index >= 15 is 0 Å². The van der Waals surface area contributed by atoms with Crippen molar-refractivity contribution >= 4 is 39.9 Å². The second-order valence-electron chi connectivity index (χ2n) is 9.34. The number of para-hydroxylation sites is 1. The molecule has 1 aliphatic rings. The van der Waals surface area contributed by atoms with E-state index in [1.807, 2.05) is 30.3 Å². The average molecular weight is 585 g/mol. The molecule has 2 heterocycles. The standard InChI is InChI=1S/C32H28N2O7S/c1-4-40-31(38)29-19(2)33-32(42-29)34-26(23-12-8-9-13-24(23)39-3)25(28(36)30(34)37)27(35)21-14-16-22(17-15-21)41-18-20-10-6-5-7-11-20/h5-17,26,35H,4,18H2,1-3H3/b27-25+. The number of methoxy groups -OCH3 is 1. The zero-order chi connectivity index (χ0) is 29.8. The van der Waals surface area contributed by atoms with Crippen molar-refractivity contribution in [3.05, 3.63) is 112 Å². The highest BCUT2D eigenvalue weighted by atomic mass is 32.1. The SMILES string of the molecule is CCOC(=O)c1sc(N2C(=O)C(=O)/C(=C(/O)c3ccc(OCc4ccccc4)cc3)C2c2ccccc2OC)nc1C. The summed E-state index contributed by atoms with van der Waals surface area (Å²) in [5.41, 5.74) is 2.02. The number of nitrogens with zero attached hydrogens (tertiary/aromatic N) is 2. The number of thiazole rings is 1. The molecule has 1 atom stereocenters. The Bertz CT molecular complexity index is 1660. The van der Waals surface area contributed by atoms with E-state index < -0.39 is 23.7 Å². The number of ketones is 1. The minimum atomic E-state index is -1.07. The van der Waals surface area contributed by atoms with E-state index in [1.165, 1.54) is 12.0 Å². The molecule has 1 saturated heterocycles. The van der Waals surface area contributed by atoms with Gasteiger partial charge in [0.25, 0.3) is 5.78 Å². The maximum Gasteiger partial charge on any atom is 0.350 e. The fourth-order valence-corrected chi connectivity index (χ4v) is 5.68. The first-order valence-corrected chi connectivity index (χ1v) is 14.0. The number of benzene rings is 3. The number of hydrogen-bond donors (Lipinski definition) is 1. The highest BCUT2D eigenvalue weighted by molar-refractivity contribution is 7.17. The third kappa shape index (κ3) is 5.48. The van der Waals surface area contributed by atoms with Gasteiger partial charge >= 0.3 is 11.9 Å². The normalized spacial score (nSPS) is 16.0. The van der Waals surface area contributed by atoms with E-state index in [-0.39, 0.29) is 27.9 Å². The van der Waals surface area contributed by atoms with Crippen LogP contribution in [-0.4, -0.2) is 41.5 Å². The Morgan fingerprint density at radius 3 is 2.38 bits per heavy atom. The summed E-state index contributed by atoms with van der Waals surface area (Å²) in [4.78, 5) is 45.5. The lowest BCUT2D eigenvalue weighted by molar-refractivity contribution is -0.132. The predicted octanol–water partition coefficient (Wildman–Crippen LogP) is 5.84. The smallest absolute Gasteiger partial charge is 0.350 e. The quantitative estimate of drug-likeness (QED) is 0.113. The largest absolute Gasteiger partial charge is 0.507 e. The van der Waals surface area contributed by atoms with Gasteiger partial charge in [-0.15, -0.1) is 0 Å². The minimum Gasteiger partial charge on any atom is -0.507 e. The number of aliphatic hydroxyl groups excluding tert-OH is 1. The maximum atomic E-state index is 13.6. The summed E-state index contributed by atoms with van der Waals surface area (Å²) in [6.07, 6.45) is 0. The zero-order valence-electron chi connectivity index (χ0n) is 23.2. The number of aliphatic hydroxyl groups is 1.